The summed E-state index contributed by atoms with van der Waals surface area (Å²) in [5.41, 5.74) is 4.47. The Kier molecular flexibility index (Phi) is 5.51. The molecule has 1 aliphatic rings. The van der Waals surface area contributed by atoms with Crippen molar-refractivity contribution in [2.45, 2.75) is 25.9 Å². The Labute approximate surface area is 150 Å². The molecule has 1 aliphatic heterocycles. The van der Waals surface area contributed by atoms with Crippen molar-refractivity contribution in [3.05, 3.63) is 54.1 Å². The second kappa shape index (κ2) is 7.81. The molecule has 4 heteroatoms. The fourth-order valence-electron chi connectivity index (χ4n) is 3.42. The Hall–Kier alpha value is -2.17. The van der Waals surface area contributed by atoms with E-state index in [1.807, 2.05) is 18.2 Å². The minimum Gasteiger partial charge on any atom is -0.326 e. The molecule has 0 spiro atoms. The van der Waals surface area contributed by atoms with E-state index in [4.69, 9.17) is 0 Å². The van der Waals surface area contributed by atoms with Crippen molar-refractivity contribution in [2.24, 2.45) is 0 Å². The van der Waals surface area contributed by atoms with Crippen LogP contribution in [0.15, 0.2) is 48.5 Å². The number of carbonyl (C=O) groups is 1. The van der Waals surface area contributed by atoms with Crippen molar-refractivity contribution in [3.8, 4) is 11.1 Å². The first-order chi connectivity index (χ1) is 12.0. The highest BCUT2D eigenvalue weighted by Crippen LogP contribution is 2.24. The summed E-state index contributed by atoms with van der Waals surface area (Å²) in [4.78, 5) is 16.1. The number of hydrogen-bond donors (Lipinski definition) is 1. The quantitative estimate of drug-likeness (QED) is 0.908. The zero-order valence-corrected chi connectivity index (χ0v) is 15.3. The van der Waals surface area contributed by atoms with Gasteiger partial charge in [0.1, 0.15) is 0 Å². The van der Waals surface area contributed by atoms with Crippen molar-refractivity contribution < 1.29 is 4.79 Å². The lowest BCUT2D eigenvalue weighted by molar-refractivity contribution is -0.114. The first-order valence-electron chi connectivity index (χ1n) is 8.87. The van der Waals surface area contributed by atoms with Crippen molar-refractivity contribution >= 4 is 11.6 Å². The number of likely N-dealkylation sites (tertiary alicyclic amines) is 1. The fraction of sp³-hybridized carbons (Fsp3) is 0.381. The molecule has 0 radical (unpaired) electrons. The molecule has 0 saturated carbocycles. The lowest BCUT2D eigenvalue weighted by atomic mass is 10.0. The van der Waals surface area contributed by atoms with Crippen molar-refractivity contribution in [1.82, 2.24) is 9.80 Å². The summed E-state index contributed by atoms with van der Waals surface area (Å²) in [5, 5.41) is 2.84. The highest BCUT2D eigenvalue weighted by atomic mass is 16.1. The Morgan fingerprint density at radius 3 is 2.56 bits per heavy atom. The van der Waals surface area contributed by atoms with Crippen LogP contribution in [0.3, 0.4) is 0 Å². The zero-order valence-electron chi connectivity index (χ0n) is 15.3. The number of amides is 1. The second-order valence-corrected chi connectivity index (χ2v) is 7.10. The van der Waals surface area contributed by atoms with Gasteiger partial charge in [-0.3, -0.25) is 9.69 Å². The van der Waals surface area contributed by atoms with Crippen LogP contribution in [-0.2, 0) is 11.3 Å². The van der Waals surface area contributed by atoms with Gasteiger partial charge in [-0.2, -0.15) is 0 Å². The number of likely N-dealkylation sites (N-methyl/N-ethyl adjacent to an activating group) is 1. The van der Waals surface area contributed by atoms with Gasteiger partial charge in [-0.15, -0.1) is 0 Å². The summed E-state index contributed by atoms with van der Waals surface area (Å²) < 4.78 is 0. The molecular weight excluding hydrogens is 310 g/mol. The molecule has 4 nitrogen and oxygen atoms in total. The molecule has 3 rings (SSSR count). The van der Waals surface area contributed by atoms with Crippen LogP contribution in [0.1, 0.15) is 18.9 Å². The Bertz CT molecular complexity index is 724. The van der Waals surface area contributed by atoms with E-state index in [0.29, 0.717) is 6.04 Å². The number of carbonyl (C=O) groups excluding carboxylic acids is 1. The molecule has 1 fully saturated rings. The third kappa shape index (κ3) is 4.68. The van der Waals surface area contributed by atoms with Crippen LogP contribution in [0.25, 0.3) is 11.1 Å². The average Bonchev–Trinajstić information content (AvgIpc) is 3.04. The molecule has 1 amide bonds. The van der Waals surface area contributed by atoms with E-state index < -0.39 is 0 Å². The van der Waals surface area contributed by atoms with Gasteiger partial charge in [-0.25, -0.2) is 0 Å². The third-order valence-corrected chi connectivity index (χ3v) is 4.85. The van der Waals surface area contributed by atoms with Crippen LogP contribution in [0, 0.1) is 0 Å². The highest BCUT2D eigenvalue weighted by Gasteiger charge is 2.23. The number of anilines is 1. The SMILES string of the molecule is CC(=O)Nc1cccc(-c2ccc(CN3CC[C@H](N(C)C)C3)cc2)c1. The standard InChI is InChI=1S/C21H27N3O/c1-16(25)22-20-6-4-5-19(13-20)18-9-7-17(8-10-18)14-24-12-11-21(15-24)23(2)3/h4-10,13,21H,11-12,14-15H2,1-3H3,(H,22,25)/t21-/m0/s1. The molecule has 1 saturated heterocycles. The number of benzene rings is 2. The van der Waals surface area contributed by atoms with E-state index in [-0.39, 0.29) is 5.91 Å². The van der Waals surface area contributed by atoms with E-state index in [1.54, 1.807) is 0 Å². The maximum absolute atomic E-state index is 11.2. The molecule has 0 unspecified atom stereocenters. The lowest BCUT2D eigenvalue weighted by Crippen LogP contribution is -2.31. The van der Waals surface area contributed by atoms with Gasteiger partial charge in [-0.05, 0) is 49.3 Å². The van der Waals surface area contributed by atoms with Crippen LogP contribution < -0.4 is 5.32 Å². The Morgan fingerprint density at radius 2 is 1.92 bits per heavy atom. The van der Waals surface area contributed by atoms with Gasteiger partial charge < -0.3 is 10.2 Å². The predicted molar refractivity (Wildman–Crippen MR) is 104 cm³/mol. The molecular formula is C21H27N3O. The lowest BCUT2D eigenvalue weighted by Gasteiger charge is -2.20. The zero-order chi connectivity index (χ0) is 17.8. The van der Waals surface area contributed by atoms with E-state index in [9.17, 15) is 4.79 Å². The topological polar surface area (TPSA) is 35.6 Å². The molecule has 1 heterocycles. The summed E-state index contributed by atoms with van der Waals surface area (Å²) in [7, 11) is 4.33. The minimum atomic E-state index is -0.0471. The predicted octanol–water partition coefficient (Wildman–Crippen LogP) is 3.45. The summed E-state index contributed by atoms with van der Waals surface area (Å²) in [6.45, 7) is 4.86. The number of nitrogens with one attached hydrogen (secondary N) is 1. The summed E-state index contributed by atoms with van der Waals surface area (Å²) >= 11 is 0. The number of nitrogens with zero attached hydrogens (tertiary/aromatic N) is 2. The minimum absolute atomic E-state index is 0.0471. The van der Waals surface area contributed by atoms with Gasteiger partial charge >= 0.3 is 0 Å². The second-order valence-electron chi connectivity index (χ2n) is 7.10. The van der Waals surface area contributed by atoms with Crippen LogP contribution >= 0.6 is 0 Å². The van der Waals surface area contributed by atoms with Crippen molar-refractivity contribution in [1.29, 1.82) is 0 Å². The van der Waals surface area contributed by atoms with Gasteiger partial charge in [0.15, 0.2) is 0 Å². The van der Waals surface area contributed by atoms with Crippen molar-refractivity contribution in [3.63, 3.8) is 0 Å². The molecule has 1 atom stereocenters. The molecule has 132 valence electrons. The monoisotopic (exact) mass is 337 g/mol. The van der Waals surface area contributed by atoms with Crippen LogP contribution in [0.2, 0.25) is 0 Å². The molecule has 0 aliphatic carbocycles. The van der Waals surface area contributed by atoms with E-state index >= 15 is 0 Å². The summed E-state index contributed by atoms with van der Waals surface area (Å²) in [6.07, 6.45) is 1.25. The maximum atomic E-state index is 11.2. The highest BCUT2D eigenvalue weighted by molar-refractivity contribution is 5.89. The Balaban J connectivity index is 1.65. The van der Waals surface area contributed by atoms with E-state index in [0.717, 1.165) is 24.3 Å². The fourth-order valence-corrected chi connectivity index (χ4v) is 3.42. The Morgan fingerprint density at radius 1 is 1.16 bits per heavy atom. The smallest absolute Gasteiger partial charge is 0.221 e. The molecule has 1 N–H and O–H groups in total. The number of hydrogen-bond acceptors (Lipinski definition) is 3. The van der Waals surface area contributed by atoms with Crippen LogP contribution in [0.5, 0.6) is 0 Å². The van der Waals surface area contributed by atoms with Crippen molar-refractivity contribution in [2.75, 3.05) is 32.5 Å². The first-order valence-corrected chi connectivity index (χ1v) is 8.87. The largest absolute Gasteiger partial charge is 0.326 e. The van der Waals surface area contributed by atoms with E-state index in [2.05, 4.69) is 59.5 Å². The van der Waals surface area contributed by atoms with Crippen LogP contribution in [-0.4, -0.2) is 48.9 Å². The number of rotatable bonds is 5. The molecule has 2 aromatic rings. The van der Waals surface area contributed by atoms with Gasteiger partial charge in [0, 0.05) is 38.3 Å². The normalized spacial score (nSPS) is 17.8. The first kappa shape index (κ1) is 17.6. The van der Waals surface area contributed by atoms with Gasteiger partial charge in [0.2, 0.25) is 5.91 Å². The summed E-state index contributed by atoms with van der Waals surface area (Å²) in [6, 6.07) is 17.4. The molecule has 0 aromatic heterocycles. The van der Waals surface area contributed by atoms with E-state index in [1.165, 1.54) is 31.0 Å². The maximum Gasteiger partial charge on any atom is 0.221 e. The molecule has 25 heavy (non-hydrogen) atoms. The molecule has 2 aromatic carbocycles. The van der Waals surface area contributed by atoms with Gasteiger partial charge in [0.05, 0.1) is 0 Å². The van der Waals surface area contributed by atoms with Crippen LogP contribution in [0.4, 0.5) is 5.69 Å². The molecule has 0 bridgehead atoms. The summed E-state index contributed by atoms with van der Waals surface area (Å²) in [5.74, 6) is -0.0471. The van der Waals surface area contributed by atoms with Gasteiger partial charge in [-0.1, -0.05) is 36.4 Å². The average molecular weight is 337 g/mol. The van der Waals surface area contributed by atoms with Gasteiger partial charge in [0.25, 0.3) is 0 Å². The third-order valence-electron chi connectivity index (χ3n) is 4.85.